The first-order valence-electron chi connectivity index (χ1n) is 7.40. The van der Waals surface area contributed by atoms with Gasteiger partial charge < -0.3 is 9.64 Å². The van der Waals surface area contributed by atoms with Gasteiger partial charge in [0.15, 0.2) is 11.2 Å². The van der Waals surface area contributed by atoms with Crippen LogP contribution in [0.15, 0.2) is 9.59 Å². The van der Waals surface area contributed by atoms with Gasteiger partial charge in [-0.25, -0.2) is 4.79 Å². The quantitative estimate of drug-likeness (QED) is 0.710. The number of nitrogens with zero attached hydrogens (tertiary/aromatic N) is 5. The predicted octanol–water partition coefficient (Wildman–Crippen LogP) is -1.14. The van der Waals surface area contributed by atoms with Crippen molar-refractivity contribution in [2.24, 2.45) is 14.1 Å². The number of aromatic nitrogens is 4. The molecule has 1 aliphatic rings. The van der Waals surface area contributed by atoms with Gasteiger partial charge in [-0.2, -0.15) is 4.98 Å². The average Bonchev–Trinajstić information content (AvgIpc) is 2.90. The van der Waals surface area contributed by atoms with Crippen molar-refractivity contribution in [1.82, 2.24) is 18.7 Å². The van der Waals surface area contributed by atoms with E-state index >= 15 is 0 Å². The Kier molecular flexibility index (Phi) is 3.80. The normalized spacial score (nSPS) is 15.3. The van der Waals surface area contributed by atoms with Crippen LogP contribution in [0.25, 0.3) is 11.2 Å². The molecule has 9 heteroatoms. The summed E-state index contributed by atoms with van der Waals surface area (Å²) in [6.45, 7) is 3.85. The summed E-state index contributed by atoms with van der Waals surface area (Å²) in [7, 11) is 2.99. The lowest BCUT2D eigenvalue weighted by molar-refractivity contribution is -0.117. The molecule has 0 spiro atoms. The summed E-state index contributed by atoms with van der Waals surface area (Å²) in [4.78, 5) is 42.8. The number of morpholine rings is 1. The summed E-state index contributed by atoms with van der Waals surface area (Å²) < 4.78 is 9.30. The molecular weight excluding hydrogens is 302 g/mol. The SMILES string of the molecule is CC(=O)Cn1c(N2CCOCC2)nc2c1c(=O)n(C)c(=O)n2C. The molecule has 0 saturated carbocycles. The molecule has 0 unspecified atom stereocenters. The molecule has 0 radical (unpaired) electrons. The van der Waals surface area contributed by atoms with Crippen molar-refractivity contribution < 1.29 is 9.53 Å². The van der Waals surface area contributed by atoms with Gasteiger partial charge in [-0.1, -0.05) is 0 Å². The van der Waals surface area contributed by atoms with Crippen LogP contribution in [0.5, 0.6) is 0 Å². The van der Waals surface area contributed by atoms with Crippen LogP contribution in [0.2, 0.25) is 0 Å². The van der Waals surface area contributed by atoms with Crippen molar-refractivity contribution in [2.75, 3.05) is 31.2 Å². The molecule has 0 amide bonds. The van der Waals surface area contributed by atoms with Crippen LogP contribution in [0.3, 0.4) is 0 Å². The fourth-order valence-corrected chi connectivity index (χ4v) is 2.81. The zero-order chi connectivity index (χ0) is 16.7. The van der Waals surface area contributed by atoms with E-state index in [0.717, 1.165) is 4.57 Å². The Labute approximate surface area is 131 Å². The largest absolute Gasteiger partial charge is 0.378 e. The van der Waals surface area contributed by atoms with Gasteiger partial charge in [0.2, 0.25) is 5.95 Å². The molecule has 23 heavy (non-hydrogen) atoms. The van der Waals surface area contributed by atoms with Crippen LogP contribution < -0.4 is 16.1 Å². The van der Waals surface area contributed by atoms with Gasteiger partial charge in [-0.3, -0.25) is 23.3 Å². The number of rotatable bonds is 3. The Bertz CT molecular complexity index is 885. The number of aryl methyl sites for hydroxylation is 1. The van der Waals surface area contributed by atoms with Gasteiger partial charge in [0.25, 0.3) is 5.56 Å². The number of ether oxygens (including phenoxy) is 1. The number of imidazole rings is 1. The molecule has 2 aromatic heterocycles. The van der Waals surface area contributed by atoms with Crippen LogP contribution in [0.4, 0.5) is 5.95 Å². The molecule has 1 fully saturated rings. The molecule has 0 aromatic carbocycles. The van der Waals surface area contributed by atoms with E-state index < -0.39 is 11.2 Å². The molecule has 0 bridgehead atoms. The topological polar surface area (TPSA) is 91.4 Å². The minimum atomic E-state index is -0.448. The Morgan fingerprint density at radius 1 is 1.17 bits per heavy atom. The lowest BCUT2D eigenvalue weighted by Gasteiger charge is -2.28. The Hall–Kier alpha value is -2.42. The highest BCUT2D eigenvalue weighted by molar-refractivity contribution is 5.81. The second-order valence-corrected chi connectivity index (χ2v) is 5.68. The standard InChI is InChI=1S/C14H19N5O4/c1-9(20)8-19-10-11(16(2)14(22)17(3)12(10)21)15-13(19)18-4-6-23-7-5-18/h4-8H2,1-3H3. The molecule has 3 rings (SSSR count). The number of hydrogen-bond acceptors (Lipinski definition) is 6. The predicted molar refractivity (Wildman–Crippen MR) is 83.9 cm³/mol. The molecule has 1 saturated heterocycles. The van der Waals surface area contributed by atoms with Crippen LogP contribution in [0.1, 0.15) is 6.92 Å². The highest BCUT2D eigenvalue weighted by atomic mass is 16.5. The van der Waals surface area contributed by atoms with E-state index in [2.05, 4.69) is 4.98 Å². The molecule has 0 N–H and O–H groups in total. The lowest BCUT2D eigenvalue weighted by atomic mass is 10.4. The van der Waals surface area contributed by atoms with E-state index in [1.807, 2.05) is 4.90 Å². The number of fused-ring (bicyclic) bond motifs is 1. The fraction of sp³-hybridized carbons (Fsp3) is 0.571. The van der Waals surface area contributed by atoms with E-state index in [9.17, 15) is 14.4 Å². The molecule has 3 heterocycles. The van der Waals surface area contributed by atoms with Gasteiger partial charge in [0.05, 0.1) is 19.8 Å². The number of hydrogen-bond donors (Lipinski definition) is 0. The first kappa shape index (κ1) is 15.5. The summed E-state index contributed by atoms with van der Waals surface area (Å²) >= 11 is 0. The zero-order valence-corrected chi connectivity index (χ0v) is 13.4. The number of anilines is 1. The average molecular weight is 321 g/mol. The Balaban J connectivity index is 2.33. The third kappa shape index (κ3) is 2.46. The summed E-state index contributed by atoms with van der Waals surface area (Å²) in [5.74, 6) is 0.437. The summed E-state index contributed by atoms with van der Waals surface area (Å²) in [6, 6.07) is 0. The van der Waals surface area contributed by atoms with Crippen molar-refractivity contribution >= 4 is 22.9 Å². The minimum absolute atomic E-state index is 0.0383. The number of ketones is 1. The van der Waals surface area contributed by atoms with E-state index in [0.29, 0.717) is 37.9 Å². The third-order valence-electron chi connectivity index (χ3n) is 4.00. The van der Waals surface area contributed by atoms with E-state index in [1.54, 1.807) is 11.6 Å². The minimum Gasteiger partial charge on any atom is -0.378 e. The molecule has 1 aliphatic heterocycles. The maximum Gasteiger partial charge on any atom is 0.332 e. The van der Waals surface area contributed by atoms with Crippen LogP contribution >= 0.6 is 0 Å². The van der Waals surface area contributed by atoms with Crippen molar-refractivity contribution in [3.05, 3.63) is 20.8 Å². The van der Waals surface area contributed by atoms with E-state index in [-0.39, 0.29) is 17.8 Å². The second-order valence-electron chi connectivity index (χ2n) is 5.68. The van der Waals surface area contributed by atoms with Crippen LogP contribution in [-0.4, -0.2) is 50.8 Å². The smallest absolute Gasteiger partial charge is 0.332 e. The summed E-state index contributed by atoms with van der Waals surface area (Å²) in [5.41, 5.74) is -0.327. The van der Waals surface area contributed by atoms with Crippen LogP contribution in [-0.2, 0) is 30.2 Å². The van der Waals surface area contributed by atoms with Crippen molar-refractivity contribution in [3.8, 4) is 0 Å². The van der Waals surface area contributed by atoms with Crippen LogP contribution in [0, 0.1) is 0 Å². The monoisotopic (exact) mass is 321 g/mol. The molecular formula is C14H19N5O4. The molecule has 0 aliphatic carbocycles. The lowest BCUT2D eigenvalue weighted by Crippen LogP contribution is -2.39. The maximum atomic E-state index is 12.5. The van der Waals surface area contributed by atoms with E-state index in [4.69, 9.17) is 4.74 Å². The highest BCUT2D eigenvalue weighted by Gasteiger charge is 2.24. The molecule has 9 nitrogen and oxygen atoms in total. The molecule has 0 atom stereocenters. The fourth-order valence-electron chi connectivity index (χ4n) is 2.81. The first-order chi connectivity index (χ1) is 10.9. The first-order valence-corrected chi connectivity index (χ1v) is 7.40. The Morgan fingerprint density at radius 3 is 2.43 bits per heavy atom. The zero-order valence-electron chi connectivity index (χ0n) is 13.4. The van der Waals surface area contributed by atoms with E-state index in [1.165, 1.54) is 18.5 Å². The van der Waals surface area contributed by atoms with Gasteiger partial charge in [0.1, 0.15) is 5.78 Å². The van der Waals surface area contributed by atoms with Gasteiger partial charge >= 0.3 is 5.69 Å². The van der Waals surface area contributed by atoms with Gasteiger partial charge in [-0.05, 0) is 6.92 Å². The maximum absolute atomic E-state index is 12.5. The Morgan fingerprint density at radius 2 is 1.83 bits per heavy atom. The molecule has 2 aromatic rings. The molecule has 124 valence electrons. The summed E-state index contributed by atoms with van der Waals surface area (Å²) in [5, 5.41) is 0. The van der Waals surface area contributed by atoms with Gasteiger partial charge in [0, 0.05) is 27.2 Å². The number of carbonyl (C=O) groups is 1. The van der Waals surface area contributed by atoms with Crippen molar-refractivity contribution in [1.29, 1.82) is 0 Å². The highest BCUT2D eigenvalue weighted by Crippen LogP contribution is 2.20. The van der Waals surface area contributed by atoms with Gasteiger partial charge in [-0.15, -0.1) is 0 Å². The van der Waals surface area contributed by atoms with Crippen molar-refractivity contribution in [3.63, 3.8) is 0 Å². The third-order valence-corrected chi connectivity index (χ3v) is 4.00. The number of Topliss-reactive ketones (excluding diaryl/α,β-unsaturated/α-hetero) is 1. The summed E-state index contributed by atoms with van der Waals surface area (Å²) in [6.07, 6.45) is 0. The van der Waals surface area contributed by atoms with Crippen molar-refractivity contribution in [2.45, 2.75) is 13.5 Å². The second kappa shape index (κ2) is 5.65. The number of carbonyl (C=O) groups excluding carboxylic acids is 1.